The summed E-state index contributed by atoms with van der Waals surface area (Å²) in [7, 11) is -1.04. The average Bonchev–Trinajstić information content (AvgIpc) is 3.06. The third-order valence-electron chi connectivity index (χ3n) is 4.62. The van der Waals surface area contributed by atoms with E-state index in [1.807, 2.05) is 0 Å². The van der Waals surface area contributed by atoms with Crippen LogP contribution < -0.4 is 26.0 Å². The predicted molar refractivity (Wildman–Crippen MR) is 107 cm³/mol. The van der Waals surface area contributed by atoms with E-state index in [0.717, 1.165) is 23.3 Å². The molecule has 1 amide bonds. The van der Waals surface area contributed by atoms with Gasteiger partial charge in [0.05, 0.1) is 12.1 Å². The molecule has 0 saturated carbocycles. The number of fused-ring (bicyclic) bond motifs is 1. The van der Waals surface area contributed by atoms with Crippen molar-refractivity contribution < 1.29 is 37.1 Å². The van der Waals surface area contributed by atoms with Crippen molar-refractivity contribution in [2.75, 3.05) is 6.61 Å². The number of rotatable bonds is 7. The van der Waals surface area contributed by atoms with E-state index in [1.54, 1.807) is 26.0 Å². The SMILES string of the molecule is CC(C)(COc1cc(CN)c2c(c1)B(O)OC2)NC(=O)c1ccc(OC(F)(F)F)cc1. The lowest BCUT2D eigenvalue weighted by molar-refractivity contribution is -0.274. The Morgan fingerprint density at radius 1 is 1.23 bits per heavy atom. The molecule has 2 aromatic carbocycles. The zero-order valence-corrected chi connectivity index (χ0v) is 17.0. The van der Waals surface area contributed by atoms with Crippen molar-refractivity contribution >= 4 is 18.5 Å². The quantitative estimate of drug-likeness (QED) is 0.571. The summed E-state index contributed by atoms with van der Waals surface area (Å²) in [5, 5.41) is 12.7. The molecule has 1 aliphatic rings. The minimum atomic E-state index is -4.80. The molecule has 1 heterocycles. The van der Waals surface area contributed by atoms with Crippen molar-refractivity contribution in [3.05, 3.63) is 53.1 Å². The maximum absolute atomic E-state index is 12.5. The number of carbonyl (C=O) groups is 1. The first-order valence-corrected chi connectivity index (χ1v) is 9.44. The summed E-state index contributed by atoms with van der Waals surface area (Å²) in [5.41, 5.74) is 7.37. The summed E-state index contributed by atoms with van der Waals surface area (Å²) in [6.45, 7) is 4.09. The van der Waals surface area contributed by atoms with Crippen LogP contribution in [-0.2, 0) is 17.8 Å². The molecule has 7 nitrogen and oxygen atoms in total. The van der Waals surface area contributed by atoms with Gasteiger partial charge in [-0.1, -0.05) is 0 Å². The highest BCUT2D eigenvalue weighted by atomic mass is 19.4. The largest absolute Gasteiger partial charge is 0.573 e. The minimum absolute atomic E-state index is 0.0910. The van der Waals surface area contributed by atoms with Gasteiger partial charge in [0.25, 0.3) is 5.91 Å². The van der Waals surface area contributed by atoms with Crippen LogP contribution in [0.25, 0.3) is 0 Å². The van der Waals surface area contributed by atoms with Crippen LogP contribution in [0.15, 0.2) is 36.4 Å². The molecule has 4 N–H and O–H groups in total. The molecule has 31 heavy (non-hydrogen) atoms. The zero-order valence-electron chi connectivity index (χ0n) is 17.0. The number of carbonyl (C=O) groups excluding carboxylic acids is 1. The van der Waals surface area contributed by atoms with Crippen LogP contribution in [0.3, 0.4) is 0 Å². The number of alkyl halides is 3. The molecule has 2 aromatic rings. The van der Waals surface area contributed by atoms with Gasteiger partial charge < -0.3 is 30.2 Å². The molecule has 166 valence electrons. The Balaban J connectivity index is 1.62. The Bertz CT molecular complexity index is 951. The lowest BCUT2D eigenvalue weighted by atomic mass is 9.78. The van der Waals surface area contributed by atoms with Gasteiger partial charge in [-0.2, -0.15) is 0 Å². The fourth-order valence-electron chi connectivity index (χ4n) is 3.13. The molecule has 0 radical (unpaired) electrons. The highest BCUT2D eigenvalue weighted by Crippen LogP contribution is 2.24. The van der Waals surface area contributed by atoms with Crippen molar-refractivity contribution in [2.45, 2.75) is 38.9 Å². The molecule has 0 aromatic heterocycles. The molecule has 0 bridgehead atoms. The fraction of sp³-hybridized carbons (Fsp3) is 0.350. The third-order valence-corrected chi connectivity index (χ3v) is 4.62. The Labute approximate surface area is 177 Å². The molecule has 0 unspecified atom stereocenters. The standard InChI is InChI=1S/C20H22BF3N2O5/c1-19(2,26-18(27)12-3-5-14(6-4-12)31-20(22,23)24)11-29-15-7-13(9-25)16-10-30-21(28)17(16)8-15/h3-8,28H,9-11,25H2,1-2H3,(H,26,27). The van der Waals surface area contributed by atoms with Gasteiger partial charge in [0.15, 0.2) is 0 Å². The second-order valence-corrected chi connectivity index (χ2v) is 7.72. The lowest BCUT2D eigenvalue weighted by Crippen LogP contribution is -2.47. The molecule has 0 fully saturated rings. The van der Waals surface area contributed by atoms with Crippen LogP contribution in [0.2, 0.25) is 0 Å². The Morgan fingerprint density at radius 2 is 1.90 bits per heavy atom. The Hall–Kier alpha value is -2.76. The van der Waals surface area contributed by atoms with Crippen LogP contribution in [-0.4, -0.2) is 36.6 Å². The molecular weight excluding hydrogens is 416 g/mol. The third kappa shape index (κ3) is 5.90. The number of nitrogens with two attached hydrogens (primary N) is 1. The van der Waals surface area contributed by atoms with Crippen LogP contribution in [0, 0.1) is 0 Å². The van der Waals surface area contributed by atoms with Gasteiger partial charge in [0.1, 0.15) is 18.1 Å². The van der Waals surface area contributed by atoms with Crippen molar-refractivity contribution in [1.29, 1.82) is 0 Å². The molecule has 0 saturated heterocycles. The van der Waals surface area contributed by atoms with E-state index in [4.69, 9.17) is 15.1 Å². The number of halogens is 3. The second-order valence-electron chi connectivity index (χ2n) is 7.72. The molecule has 0 atom stereocenters. The summed E-state index contributed by atoms with van der Waals surface area (Å²) in [6, 6.07) is 8.04. The maximum atomic E-state index is 12.5. The molecule has 3 rings (SSSR count). The van der Waals surface area contributed by atoms with Gasteiger partial charge >= 0.3 is 13.5 Å². The van der Waals surface area contributed by atoms with Crippen LogP contribution in [0.5, 0.6) is 11.5 Å². The lowest BCUT2D eigenvalue weighted by Gasteiger charge is -2.27. The van der Waals surface area contributed by atoms with Gasteiger partial charge in [0, 0.05) is 12.1 Å². The van der Waals surface area contributed by atoms with E-state index in [1.165, 1.54) is 12.1 Å². The van der Waals surface area contributed by atoms with E-state index in [9.17, 15) is 23.0 Å². The first-order chi connectivity index (χ1) is 14.5. The van der Waals surface area contributed by atoms with E-state index >= 15 is 0 Å². The van der Waals surface area contributed by atoms with Gasteiger partial charge in [-0.25, -0.2) is 0 Å². The molecule has 0 aliphatic carbocycles. The summed E-state index contributed by atoms with van der Waals surface area (Å²) in [5.74, 6) is -0.419. The van der Waals surface area contributed by atoms with Gasteiger partial charge in [-0.05, 0) is 66.8 Å². The smallest absolute Gasteiger partial charge is 0.491 e. The number of nitrogens with one attached hydrogen (secondary N) is 1. The average molecular weight is 438 g/mol. The van der Waals surface area contributed by atoms with Crippen LogP contribution in [0.4, 0.5) is 13.2 Å². The van der Waals surface area contributed by atoms with E-state index in [-0.39, 0.29) is 25.3 Å². The molecule has 11 heteroatoms. The number of amides is 1. The second kappa shape index (κ2) is 8.78. The molecular formula is C20H22BF3N2O5. The van der Waals surface area contributed by atoms with Gasteiger partial charge in [0.2, 0.25) is 0 Å². The molecule has 0 spiro atoms. The maximum Gasteiger partial charge on any atom is 0.573 e. The van der Waals surface area contributed by atoms with Crippen molar-refractivity contribution in [1.82, 2.24) is 5.32 Å². The number of ether oxygens (including phenoxy) is 2. The number of hydrogen-bond donors (Lipinski definition) is 3. The summed E-state index contributed by atoms with van der Waals surface area (Å²) in [6.07, 6.45) is -4.80. The van der Waals surface area contributed by atoms with Crippen molar-refractivity contribution in [2.24, 2.45) is 5.73 Å². The molecule has 1 aliphatic heterocycles. The fourth-order valence-corrected chi connectivity index (χ4v) is 3.13. The highest BCUT2D eigenvalue weighted by molar-refractivity contribution is 6.61. The van der Waals surface area contributed by atoms with Gasteiger partial charge in [-0.15, -0.1) is 13.2 Å². The first kappa shape index (κ1) is 22.9. The van der Waals surface area contributed by atoms with Gasteiger partial charge in [-0.3, -0.25) is 4.79 Å². The van der Waals surface area contributed by atoms with Crippen molar-refractivity contribution in [3.63, 3.8) is 0 Å². The first-order valence-electron chi connectivity index (χ1n) is 9.44. The van der Waals surface area contributed by atoms with Crippen LogP contribution >= 0.6 is 0 Å². The van der Waals surface area contributed by atoms with Crippen LogP contribution in [0.1, 0.15) is 35.3 Å². The summed E-state index contributed by atoms with van der Waals surface area (Å²) < 4.78 is 51.6. The Kier molecular flexibility index (Phi) is 6.49. The topological polar surface area (TPSA) is 103 Å². The predicted octanol–water partition coefficient (Wildman–Crippen LogP) is 1.85. The monoisotopic (exact) mass is 438 g/mol. The van der Waals surface area contributed by atoms with Crippen molar-refractivity contribution in [3.8, 4) is 11.5 Å². The Morgan fingerprint density at radius 3 is 2.52 bits per heavy atom. The van der Waals surface area contributed by atoms with E-state index in [2.05, 4.69) is 10.1 Å². The summed E-state index contributed by atoms with van der Waals surface area (Å²) in [4.78, 5) is 12.5. The normalized spacial score (nSPS) is 13.7. The number of benzene rings is 2. The van der Waals surface area contributed by atoms with E-state index in [0.29, 0.717) is 11.2 Å². The highest BCUT2D eigenvalue weighted by Gasteiger charge is 2.32. The van der Waals surface area contributed by atoms with E-state index < -0.39 is 30.7 Å². The zero-order chi connectivity index (χ0) is 22.8. The number of hydrogen-bond acceptors (Lipinski definition) is 6. The summed E-state index contributed by atoms with van der Waals surface area (Å²) >= 11 is 0. The minimum Gasteiger partial charge on any atom is -0.491 e.